The van der Waals surface area contributed by atoms with E-state index < -0.39 is 0 Å². The van der Waals surface area contributed by atoms with Crippen molar-refractivity contribution in [3.05, 3.63) is 23.7 Å². The molecule has 3 heterocycles. The zero-order valence-corrected chi connectivity index (χ0v) is 8.03. The monoisotopic (exact) mass is 189 g/mol. The quantitative estimate of drug-likeness (QED) is 0.626. The lowest BCUT2D eigenvalue weighted by Gasteiger charge is -2.13. The van der Waals surface area contributed by atoms with Crippen LogP contribution in [0.1, 0.15) is 11.4 Å². The van der Waals surface area contributed by atoms with Crippen molar-refractivity contribution in [2.75, 3.05) is 6.61 Å². The van der Waals surface area contributed by atoms with Crippen LogP contribution in [0.5, 0.6) is 0 Å². The van der Waals surface area contributed by atoms with Gasteiger partial charge in [0.1, 0.15) is 17.9 Å². The average Bonchev–Trinajstić information content (AvgIpc) is 2.59. The minimum atomic E-state index is 0.607. The fraction of sp³-hybridized carbons (Fsp3) is 0.400. The summed E-state index contributed by atoms with van der Waals surface area (Å²) in [4.78, 5) is 8.89. The van der Waals surface area contributed by atoms with Gasteiger partial charge in [0.15, 0.2) is 5.65 Å². The first-order valence-corrected chi connectivity index (χ1v) is 4.75. The molecule has 0 spiro atoms. The number of rotatable bonds is 0. The van der Waals surface area contributed by atoms with E-state index in [9.17, 15) is 0 Å². The van der Waals surface area contributed by atoms with Crippen molar-refractivity contribution in [2.45, 2.75) is 20.1 Å². The summed E-state index contributed by atoms with van der Waals surface area (Å²) in [7, 11) is 0. The highest BCUT2D eigenvalue weighted by Crippen LogP contribution is 2.19. The number of hydrogen-bond donors (Lipinski definition) is 0. The third kappa shape index (κ3) is 0.974. The van der Waals surface area contributed by atoms with Crippen LogP contribution >= 0.6 is 0 Å². The Morgan fingerprint density at radius 3 is 3.36 bits per heavy atom. The highest BCUT2D eigenvalue weighted by Gasteiger charge is 2.16. The maximum absolute atomic E-state index is 5.35. The molecule has 0 fully saturated rings. The van der Waals surface area contributed by atoms with Crippen LogP contribution in [-0.2, 0) is 17.9 Å². The van der Waals surface area contributed by atoms with Gasteiger partial charge >= 0.3 is 0 Å². The van der Waals surface area contributed by atoms with Crippen LogP contribution < -0.4 is 0 Å². The summed E-state index contributed by atoms with van der Waals surface area (Å²) in [5.74, 6) is 0.994. The van der Waals surface area contributed by atoms with E-state index in [1.165, 1.54) is 5.56 Å². The summed E-state index contributed by atoms with van der Waals surface area (Å²) in [5, 5.41) is 0. The van der Waals surface area contributed by atoms with Crippen molar-refractivity contribution in [3.8, 4) is 0 Å². The molecule has 0 saturated heterocycles. The normalized spacial score (nSPS) is 15.8. The molecule has 72 valence electrons. The molecule has 2 aromatic rings. The molecule has 3 rings (SSSR count). The van der Waals surface area contributed by atoms with E-state index in [1.807, 2.05) is 12.3 Å². The van der Waals surface area contributed by atoms with Gasteiger partial charge in [-0.15, -0.1) is 0 Å². The van der Waals surface area contributed by atoms with Gasteiger partial charge in [0.2, 0.25) is 0 Å². The fourth-order valence-corrected chi connectivity index (χ4v) is 1.85. The van der Waals surface area contributed by atoms with E-state index in [2.05, 4.69) is 21.5 Å². The Kier molecular flexibility index (Phi) is 1.58. The molecule has 1 aliphatic heterocycles. The highest BCUT2D eigenvalue weighted by molar-refractivity contribution is 5.75. The molecule has 0 atom stereocenters. The topological polar surface area (TPSA) is 39.9 Å². The van der Waals surface area contributed by atoms with Gasteiger partial charge in [-0.25, -0.2) is 9.97 Å². The minimum Gasteiger partial charge on any atom is -0.372 e. The first-order chi connectivity index (χ1) is 6.86. The minimum absolute atomic E-state index is 0.607. The zero-order chi connectivity index (χ0) is 9.54. The summed E-state index contributed by atoms with van der Waals surface area (Å²) in [6, 6.07) is 1.99. The number of nitrogens with zero attached hydrogens (tertiary/aromatic N) is 3. The molecule has 4 nitrogen and oxygen atoms in total. The Balaban J connectivity index is 2.36. The Bertz CT molecular complexity index is 489. The molecule has 1 aliphatic rings. The van der Waals surface area contributed by atoms with Crippen LogP contribution in [0.15, 0.2) is 12.3 Å². The van der Waals surface area contributed by atoms with Crippen molar-refractivity contribution >= 4 is 11.2 Å². The van der Waals surface area contributed by atoms with Crippen molar-refractivity contribution in [2.24, 2.45) is 0 Å². The van der Waals surface area contributed by atoms with E-state index in [0.717, 1.165) is 30.1 Å². The van der Waals surface area contributed by atoms with Crippen molar-refractivity contribution in [1.29, 1.82) is 0 Å². The predicted molar refractivity (Wildman–Crippen MR) is 51.9 cm³/mol. The van der Waals surface area contributed by atoms with Gasteiger partial charge in [-0.05, 0) is 18.6 Å². The maximum Gasteiger partial charge on any atom is 0.160 e. The molecule has 0 amide bonds. The summed E-state index contributed by atoms with van der Waals surface area (Å²) in [6.07, 6.45) is 1.84. The molecule has 0 aliphatic carbocycles. The molecule has 4 heteroatoms. The molecule has 0 bridgehead atoms. The third-order valence-electron chi connectivity index (χ3n) is 2.61. The Labute approximate surface area is 81.5 Å². The second-order valence-electron chi connectivity index (χ2n) is 3.53. The number of imidazole rings is 1. The number of pyridine rings is 1. The van der Waals surface area contributed by atoms with Crippen LogP contribution in [0.4, 0.5) is 0 Å². The van der Waals surface area contributed by atoms with Gasteiger partial charge in [-0.1, -0.05) is 0 Å². The molecule has 0 unspecified atom stereocenters. The van der Waals surface area contributed by atoms with Crippen LogP contribution in [0, 0.1) is 6.92 Å². The number of hydrogen-bond acceptors (Lipinski definition) is 3. The van der Waals surface area contributed by atoms with Gasteiger partial charge < -0.3 is 9.30 Å². The first kappa shape index (κ1) is 7.94. The second kappa shape index (κ2) is 2.78. The van der Waals surface area contributed by atoms with E-state index in [4.69, 9.17) is 4.74 Å². The molecular weight excluding hydrogens is 178 g/mol. The molecular formula is C10H11N3O. The Hall–Kier alpha value is -1.42. The lowest BCUT2D eigenvalue weighted by atomic mass is 10.3. The third-order valence-corrected chi connectivity index (χ3v) is 2.61. The first-order valence-electron chi connectivity index (χ1n) is 4.75. The molecule has 0 aromatic carbocycles. The van der Waals surface area contributed by atoms with E-state index in [-0.39, 0.29) is 0 Å². The fourth-order valence-electron chi connectivity index (χ4n) is 1.85. The van der Waals surface area contributed by atoms with Crippen molar-refractivity contribution < 1.29 is 4.74 Å². The smallest absolute Gasteiger partial charge is 0.160 e. The zero-order valence-electron chi connectivity index (χ0n) is 8.03. The predicted octanol–water partition coefficient (Wildman–Crippen LogP) is 1.27. The number of fused-ring (bicyclic) bond motifs is 3. The SMILES string of the molecule is Cc1ccnc2c1nc1n2CCOC1. The second-order valence-corrected chi connectivity index (χ2v) is 3.53. The van der Waals surface area contributed by atoms with E-state index in [0.29, 0.717) is 6.61 Å². The molecule has 0 radical (unpaired) electrons. The summed E-state index contributed by atoms with van der Waals surface area (Å²) in [5.41, 5.74) is 3.17. The van der Waals surface area contributed by atoms with Crippen LogP contribution in [0.2, 0.25) is 0 Å². The molecule has 0 N–H and O–H groups in total. The average molecular weight is 189 g/mol. The van der Waals surface area contributed by atoms with Crippen LogP contribution in [0.25, 0.3) is 11.2 Å². The Morgan fingerprint density at radius 1 is 1.50 bits per heavy atom. The van der Waals surface area contributed by atoms with E-state index >= 15 is 0 Å². The number of aryl methyl sites for hydroxylation is 1. The van der Waals surface area contributed by atoms with Gasteiger partial charge in [-0.3, -0.25) is 0 Å². The summed E-state index contributed by atoms with van der Waals surface area (Å²) < 4.78 is 7.50. The van der Waals surface area contributed by atoms with Gasteiger partial charge in [-0.2, -0.15) is 0 Å². The number of ether oxygens (including phenoxy) is 1. The van der Waals surface area contributed by atoms with Gasteiger partial charge in [0.05, 0.1) is 6.61 Å². The lowest BCUT2D eigenvalue weighted by Crippen LogP contribution is -2.16. The Morgan fingerprint density at radius 2 is 2.43 bits per heavy atom. The summed E-state index contributed by atoms with van der Waals surface area (Å²) in [6.45, 7) is 4.29. The lowest BCUT2D eigenvalue weighted by molar-refractivity contribution is 0.0828. The molecule has 0 saturated carbocycles. The standard InChI is InChI=1S/C10H11N3O/c1-7-2-3-11-10-9(7)12-8-6-14-5-4-13(8)10/h2-3H,4-6H2,1H3. The number of aromatic nitrogens is 3. The maximum atomic E-state index is 5.35. The van der Waals surface area contributed by atoms with Crippen LogP contribution in [0.3, 0.4) is 0 Å². The van der Waals surface area contributed by atoms with Crippen molar-refractivity contribution in [3.63, 3.8) is 0 Å². The largest absolute Gasteiger partial charge is 0.372 e. The van der Waals surface area contributed by atoms with Crippen molar-refractivity contribution in [1.82, 2.24) is 14.5 Å². The summed E-state index contributed by atoms with van der Waals surface area (Å²) >= 11 is 0. The van der Waals surface area contributed by atoms with Gasteiger partial charge in [0, 0.05) is 12.7 Å². The molecule has 14 heavy (non-hydrogen) atoms. The van der Waals surface area contributed by atoms with Gasteiger partial charge in [0.25, 0.3) is 0 Å². The van der Waals surface area contributed by atoms with E-state index in [1.54, 1.807) is 0 Å². The van der Waals surface area contributed by atoms with Crippen LogP contribution in [-0.4, -0.2) is 21.1 Å². The highest BCUT2D eigenvalue weighted by atomic mass is 16.5. The molecule has 2 aromatic heterocycles.